The second-order valence-electron chi connectivity index (χ2n) is 7.39. The highest BCUT2D eigenvalue weighted by molar-refractivity contribution is 14.0. The molecule has 0 saturated carbocycles. The normalized spacial score (nSPS) is 13.3. The number of hydrogen-bond acceptors (Lipinski definition) is 5. The Kier molecular flexibility index (Phi) is 12.6. The van der Waals surface area contributed by atoms with Crippen LogP contribution in [0.4, 0.5) is 18.0 Å². The van der Waals surface area contributed by atoms with E-state index in [0.29, 0.717) is 30.5 Å². The van der Waals surface area contributed by atoms with Gasteiger partial charge in [-0.1, -0.05) is 13.3 Å². The lowest BCUT2D eigenvalue weighted by Crippen LogP contribution is -2.48. The predicted molar refractivity (Wildman–Crippen MR) is 124 cm³/mol. The Balaban J connectivity index is 0.00000841. The van der Waals surface area contributed by atoms with Gasteiger partial charge in [-0.2, -0.15) is 13.2 Å². The second-order valence-corrected chi connectivity index (χ2v) is 8.33. The lowest BCUT2D eigenvalue weighted by molar-refractivity contribution is -0.140. The van der Waals surface area contributed by atoms with Crippen LogP contribution in [0.2, 0.25) is 0 Å². The van der Waals surface area contributed by atoms with Crippen LogP contribution in [0.3, 0.4) is 0 Å². The van der Waals surface area contributed by atoms with E-state index in [1.165, 1.54) is 0 Å². The van der Waals surface area contributed by atoms with Crippen molar-refractivity contribution in [2.75, 3.05) is 20.1 Å². The molecule has 1 amide bonds. The van der Waals surface area contributed by atoms with Crippen molar-refractivity contribution in [1.29, 1.82) is 0 Å². The first-order valence-electron chi connectivity index (χ1n) is 9.40. The van der Waals surface area contributed by atoms with Gasteiger partial charge in [0.2, 0.25) is 0 Å². The predicted octanol–water partition coefficient (Wildman–Crippen LogP) is 4.18. The Bertz CT molecular complexity index is 678. The molecule has 0 bridgehead atoms. The molecule has 0 aliphatic heterocycles. The molecule has 1 unspecified atom stereocenters. The van der Waals surface area contributed by atoms with E-state index in [1.807, 2.05) is 6.92 Å². The molecule has 1 aromatic rings. The van der Waals surface area contributed by atoms with Gasteiger partial charge in [0.1, 0.15) is 5.60 Å². The van der Waals surface area contributed by atoms with Gasteiger partial charge < -0.3 is 20.7 Å². The SMILES string of the molecule is CCCC(CNC(=NC)NCCc1nc(C(F)(F)F)cs1)NC(=O)OC(C)(C)C.I. The first kappa shape index (κ1) is 28.7. The summed E-state index contributed by atoms with van der Waals surface area (Å²) in [5.74, 6) is 0.490. The van der Waals surface area contributed by atoms with Crippen LogP contribution in [0.25, 0.3) is 0 Å². The average Bonchev–Trinajstić information content (AvgIpc) is 3.05. The minimum Gasteiger partial charge on any atom is -0.444 e. The van der Waals surface area contributed by atoms with E-state index in [0.717, 1.165) is 29.6 Å². The molecule has 0 aromatic carbocycles. The number of thiazole rings is 1. The van der Waals surface area contributed by atoms with Crippen molar-refractivity contribution in [2.45, 2.75) is 64.8 Å². The number of alkyl halides is 3. The first-order chi connectivity index (χ1) is 13.4. The first-order valence-corrected chi connectivity index (χ1v) is 10.3. The number of rotatable bonds is 8. The highest BCUT2D eigenvalue weighted by atomic mass is 127. The average molecular weight is 565 g/mol. The van der Waals surface area contributed by atoms with Gasteiger partial charge in [-0.05, 0) is 27.2 Å². The van der Waals surface area contributed by atoms with E-state index in [2.05, 4.69) is 25.9 Å². The summed E-state index contributed by atoms with van der Waals surface area (Å²) in [6, 6.07) is -0.151. The highest BCUT2D eigenvalue weighted by Crippen LogP contribution is 2.29. The zero-order valence-corrected chi connectivity index (χ0v) is 21.0. The second kappa shape index (κ2) is 13.2. The molecule has 1 aromatic heterocycles. The fourth-order valence-electron chi connectivity index (χ4n) is 2.33. The van der Waals surface area contributed by atoms with Crippen LogP contribution in [0.1, 0.15) is 51.2 Å². The van der Waals surface area contributed by atoms with Crippen LogP contribution >= 0.6 is 35.3 Å². The third-order valence-electron chi connectivity index (χ3n) is 3.57. The fraction of sp³-hybridized carbons (Fsp3) is 0.722. The highest BCUT2D eigenvalue weighted by Gasteiger charge is 2.33. The summed E-state index contributed by atoms with van der Waals surface area (Å²) in [5.41, 5.74) is -1.44. The summed E-state index contributed by atoms with van der Waals surface area (Å²) < 4.78 is 43.0. The summed E-state index contributed by atoms with van der Waals surface area (Å²) in [7, 11) is 1.59. The van der Waals surface area contributed by atoms with Crippen molar-refractivity contribution in [3.05, 3.63) is 16.1 Å². The number of halogens is 4. The zero-order chi connectivity index (χ0) is 22.1. The maximum absolute atomic E-state index is 12.6. The van der Waals surface area contributed by atoms with Crippen molar-refractivity contribution in [1.82, 2.24) is 20.9 Å². The number of nitrogens with one attached hydrogen (secondary N) is 3. The number of nitrogens with zero attached hydrogens (tertiary/aromatic N) is 2. The van der Waals surface area contributed by atoms with Crippen LogP contribution < -0.4 is 16.0 Å². The molecular formula is C18H31F3IN5O2S. The van der Waals surface area contributed by atoms with E-state index in [-0.39, 0.29) is 30.0 Å². The van der Waals surface area contributed by atoms with Crippen molar-refractivity contribution in [3.8, 4) is 0 Å². The molecule has 3 N–H and O–H groups in total. The van der Waals surface area contributed by atoms with Gasteiger partial charge in [0.15, 0.2) is 11.7 Å². The molecule has 7 nitrogen and oxygen atoms in total. The number of guanidine groups is 1. The van der Waals surface area contributed by atoms with E-state index in [1.54, 1.807) is 27.8 Å². The standard InChI is InChI=1S/C18H30F3N5O2S.HI/c1-6-7-12(25-16(27)28-17(2,3)4)10-24-15(22-5)23-9-8-14-26-13(11-29-14)18(19,20)21;/h11-12H,6-10H2,1-5H3,(H,25,27)(H2,22,23,24);1H. The molecule has 30 heavy (non-hydrogen) atoms. The molecule has 1 heterocycles. The number of aliphatic imine (C=N–C) groups is 1. The van der Waals surface area contributed by atoms with Gasteiger partial charge in [0, 0.05) is 38.0 Å². The minimum atomic E-state index is -4.42. The van der Waals surface area contributed by atoms with Crippen LogP contribution in [0.15, 0.2) is 10.4 Å². The van der Waals surface area contributed by atoms with Gasteiger partial charge in [0.25, 0.3) is 0 Å². The Morgan fingerprint density at radius 2 is 1.97 bits per heavy atom. The van der Waals surface area contributed by atoms with E-state index < -0.39 is 23.6 Å². The van der Waals surface area contributed by atoms with Gasteiger partial charge in [-0.3, -0.25) is 4.99 Å². The summed E-state index contributed by atoms with van der Waals surface area (Å²) in [6.07, 6.45) is -2.93. The van der Waals surface area contributed by atoms with Gasteiger partial charge in [-0.15, -0.1) is 35.3 Å². The number of alkyl carbamates (subject to hydrolysis) is 1. The van der Waals surface area contributed by atoms with Crippen molar-refractivity contribution in [3.63, 3.8) is 0 Å². The Hall–Kier alpha value is -1.31. The Morgan fingerprint density at radius 1 is 1.30 bits per heavy atom. The van der Waals surface area contributed by atoms with E-state index >= 15 is 0 Å². The van der Waals surface area contributed by atoms with Gasteiger partial charge >= 0.3 is 12.3 Å². The maximum Gasteiger partial charge on any atom is 0.434 e. The smallest absolute Gasteiger partial charge is 0.434 e. The molecule has 174 valence electrons. The van der Waals surface area contributed by atoms with Crippen molar-refractivity contribution < 1.29 is 22.7 Å². The van der Waals surface area contributed by atoms with E-state index in [4.69, 9.17) is 4.74 Å². The molecule has 12 heteroatoms. The minimum absolute atomic E-state index is 0. The topological polar surface area (TPSA) is 87.6 Å². The number of aromatic nitrogens is 1. The fourth-order valence-corrected chi connectivity index (χ4v) is 3.14. The van der Waals surface area contributed by atoms with Crippen LogP contribution in [0, 0.1) is 0 Å². The molecule has 0 aliphatic rings. The molecule has 0 spiro atoms. The number of carbonyl (C=O) groups is 1. The molecule has 0 radical (unpaired) electrons. The summed E-state index contributed by atoms with van der Waals surface area (Å²) >= 11 is 0.979. The number of amides is 1. The number of carbonyl (C=O) groups excluding carboxylic acids is 1. The lowest BCUT2D eigenvalue weighted by Gasteiger charge is -2.24. The molecule has 0 fully saturated rings. The number of ether oxygens (including phenoxy) is 1. The third-order valence-corrected chi connectivity index (χ3v) is 4.48. The van der Waals surface area contributed by atoms with Gasteiger partial charge in [-0.25, -0.2) is 9.78 Å². The van der Waals surface area contributed by atoms with Crippen LogP contribution in [-0.4, -0.2) is 48.8 Å². The summed E-state index contributed by atoms with van der Waals surface area (Å²) in [5, 5.41) is 10.4. The Morgan fingerprint density at radius 3 is 2.47 bits per heavy atom. The molecule has 0 aliphatic carbocycles. The van der Waals surface area contributed by atoms with Crippen LogP contribution in [0.5, 0.6) is 0 Å². The van der Waals surface area contributed by atoms with Crippen molar-refractivity contribution in [2.24, 2.45) is 4.99 Å². The molecule has 1 atom stereocenters. The zero-order valence-electron chi connectivity index (χ0n) is 17.9. The maximum atomic E-state index is 12.6. The molecule has 0 saturated heterocycles. The number of hydrogen-bond donors (Lipinski definition) is 3. The monoisotopic (exact) mass is 565 g/mol. The van der Waals surface area contributed by atoms with Crippen molar-refractivity contribution >= 4 is 47.4 Å². The summed E-state index contributed by atoms with van der Waals surface area (Å²) in [6.45, 7) is 8.22. The Labute approximate surface area is 196 Å². The van der Waals surface area contributed by atoms with E-state index in [9.17, 15) is 18.0 Å². The van der Waals surface area contributed by atoms with Crippen LogP contribution in [-0.2, 0) is 17.3 Å². The molecule has 1 rings (SSSR count). The third kappa shape index (κ3) is 11.8. The largest absolute Gasteiger partial charge is 0.444 e. The lowest BCUT2D eigenvalue weighted by atomic mass is 10.1. The van der Waals surface area contributed by atoms with Gasteiger partial charge in [0.05, 0.1) is 5.01 Å². The quantitative estimate of drug-likeness (QED) is 0.250. The molecular weight excluding hydrogens is 534 g/mol. The summed E-state index contributed by atoms with van der Waals surface area (Å²) in [4.78, 5) is 19.7.